The minimum atomic E-state index is -0.908. The molecule has 0 aliphatic carbocycles. The first-order valence-electron chi connectivity index (χ1n) is 15.6. The van der Waals surface area contributed by atoms with Gasteiger partial charge < -0.3 is 34.0 Å². The fraction of sp³-hybridized carbons (Fsp3) is 0.424. The average molecular weight is 705 g/mol. The minimum absolute atomic E-state index is 0.00963. The van der Waals surface area contributed by atoms with Crippen LogP contribution in [0.1, 0.15) is 39.2 Å². The zero-order chi connectivity index (χ0) is 35.7. The van der Waals surface area contributed by atoms with Crippen LogP contribution in [0.3, 0.4) is 0 Å². The highest BCUT2D eigenvalue weighted by Crippen LogP contribution is 2.23. The molecule has 1 aliphatic rings. The molecule has 2 N–H and O–H groups in total. The predicted octanol–water partition coefficient (Wildman–Crippen LogP) is 5.89. The molecule has 0 radical (unpaired) electrons. The summed E-state index contributed by atoms with van der Waals surface area (Å²) in [4.78, 5) is 55.8. The summed E-state index contributed by atoms with van der Waals surface area (Å²) in [6, 6.07) is 9.94. The monoisotopic (exact) mass is 704 g/mol. The molecule has 1 aromatic heterocycles. The number of halogens is 3. The van der Waals surface area contributed by atoms with Gasteiger partial charge in [0.2, 0.25) is 5.91 Å². The number of likely N-dealkylation sites (N-methyl/N-ethyl adjacent to an activating group) is 1. The summed E-state index contributed by atoms with van der Waals surface area (Å²) in [7, 11) is 1.47. The van der Waals surface area contributed by atoms with E-state index in [1.165, 1.54) is 48.3 Å². The summed E-state index contributed by atoms with van der Waals surface area (Å²) in [6.07, 6.45) is -1.22. The number of carbonyl (C=O) groups excluding carboxylic acids is 4. The van der Waals surface area contributed by atoms with Crippen LogP contribution in [-0.2, 0) is 20.8 Å². The second-order valence-corrected chi connectivity index (χ2v) is 12.7. The Morgan fingerprint density at radius 3 is 2.43 bits per heavy atom. The Kier molecular flexibility index (Phi) is 12.4. The molecule has 0 spiro atoms. The maximum absolute atomic E-state index is 13.9. The molecule has 49 heavy (non-hydrogen) atoms. The van der Waals surface area contributed by atoms with Crippen molar-refractivity contribution >= 4 is 41.5 Å². The van der Waals surface area contributed by atoms with Crippen molar-refractivity contribution in [2.24, 2.45) is 0 Å². The summed E-state index contributed by atoms with van der Waals surface area (Å²) in [6.45, 7) is 6.19. The minimum Gasteiger partial charge on any atom is -0.447 e. The van der Waals surface area contributed by atoms with Gasteiger partial charge in [0.1, 0.15) is 23.8 Å². The van der Waals surface area contributed by atoms with Crippen molar-refractivity contribution in [3.63, 3.8) is 0 Å². The normalized spacial score (nSPS) is 13.8. The van der Waals surface area contributed by atoms with Crippen LogP contribution in [0, 0.1) is 11.6 Å². The summed E-state index contributed by atoms with van der Waals surface area (Å²) < 4.78 is 43.5. The van der Waals surface area contributed by atoms with E-state index in [0.717, 1.165) is 0 Å². The lowest BCUT2D eigenvalue weighted by Gasteiger charge is -2.36. The second kappa shape index (κ2) is 16.5. The van der Waals surface area contributed by atoms with E-state index in [1.54, 1.807) is 42.7 Å². The maximum Gasteiger partial charge on any atom is 0.412 e. The molecule has 0 saturated carbocycles. The standard InChI is InChI=1S/C33H39ClF2N6O7/c1-33(2,3)48-32(46)42-15-13-41(14-16-42)28(43)12-11-24(40(4)30(44)37-19-22-8-6-10-25(36)29(22)34)20-47-31(45)38-27-18-26(49-39-27)21-7-5-9-23(35)17-21/h5-10,17-18,24H,11-16,19-20H2,1-4H3,(H,37,44)(H,38,39,45)/t24-/m0/s1. The molecule has 0 bridgehead atoms. The van der Waals surface area contributed by atoms with Crippen LogP contribution < -0.4 is 10.6 Å². The number of anilines is 1. The van der Waals surface area contributed by atoms with Crippen LogP contribution in [0.4, 0.5) is 29.0 Å². The lowest BCUT2D eigenvalue weighted by Crippen LogP contribution is -2.52. The van der Waals surface area contributed by atoms with Gasteiger partial charge in [0.25, 0.3) is 0 Å². The van der Waals surface area contributed by atoms with Gasteiger partial charge in [-0.1, -0.05) is 41.0 Å². The van der Waals surface area contributed by atoms with Crippen molar-refractivity contribution in [1.82, 2.24) is 25.2 Å². The Bertz CT molecular complexity index is 1640. The first-order valence-corrected chi connectivity index (χ1v) is 15.9. The Morgan fingerprint density at radius 1 is 1.04 bits per heavy atom. The third-order valence-electron chi connectivity index (χ3n) is 7.56. The van der Waals surface area contributed by atoms with Gasteiger partial charge in [0, 0.05) is 57.8 Å². The molecule has 1 fully saturated rings. The number of carbonyl (C=O) groups is 4. The van der Waals surface area contributed by atoms with Crippen molar-refractivity contribution in [3.05, 3.63) is 70.8 Å². The van der Waals surface area contributed by atoms with Crippen LogP contribution >= 0.6 is 11.6 Å². The molecule has 264 valence electrons. The van der Waals surface area contributed by atoms with E-state index in [4.69, 9.17) is 25.6 Å². The van der Waals surface area contributed by atoms with Gasteiger partial charge in [-0.05, 0) is 51.0 Å². The topological polar surface area (TPSA) is 147 Å². The largest absolute Gasteiger partial charge is 0.447 e. The highest BCUT2D eigenvalue weighted by Gasteiger charge is 2.29. The third-order valence-corrected chi connectivity index (χ3v) is 7.98. The van der Waals surface area contributed by atoms with Gasteiger partial charge >= 0.3 is 18.2 Å². The molecule has 3 aromatic rings. The van der Waals surface area contributed by atoms with E-state index in [0.29, 0.717) is 37.3 Å². The Morgan fingerprint density at radius 2 is 1.73 bits per heavy atom. The molecule has 4 rings (SSSR count). The van der Waals surface area contributed by atoms with E-state index in [2.05, 4.69) is 15.8 Å². The van der Waals surface area contributed by atoms with Gasteiger partial charge in [0.15, 0.2) is 11.6 Å². The van der Waals surface area contributed by atoms with Crippen LogP contribution in [0.2, 0.25) is 5.02 Å². The number of nitrogens with zero attached hydrogens (tertiary/aromatic N) is 4. The quantitative estimate of drug-likeness (QED) is 0.266. The fourth-order valence-corrected chi connectivity index (χ4v) is 5.07. The van der Waals surface area contributed by atoms with Gasteiger partial charge in [-0.25, -0.2) is 23.2 Å². The number of amides is 5. The highest BCUT2D eigenvalue weighted by molar-refractivity contribution is 6.31. The lowest BCUT2D eigenvalue weighted by molar-refractivity contribution is -0.133. The molecule has 16 heteroatoms. The van der Waals surface area contributed by atoms with Gasteiger partial charge in [0.05, 0.1) is 11.1 Å². The molecular formula is C33H39ClF2N6O7. The van der Waals surface area contributed by atoms with Crippen LogP contribution in [0.5, 0.6) is 0 Å². The molecule has 2 heterocycles. The van der Waals surface area contributed by atoms with E-state index >= 15 is 0 Å². The van der Waals surface area contributed by atoms with Crippen molar-refractivity contribution in [3.8, 4) is 11.3 Å². The van der Waals surface area contributed by atoms with E-state index < -0.39 is 41.5 Å². The van der Waals surface area contributed by atoms with E-state index in [-0.39, 0.29) is 48.5 Å². The van der Waals surface area contributed by atoms with Gasteiger partial charge in [-0.2, -0.15) is 0 Å². The number of piperazine rings is 1. The number of urea groups is 1. The lowest BCUT2D eigenvalue weighted by atomic mass is 10.1. The van der Waals surface area contributed by atoms with Gasteiger partial charge in [-0.15, -0.1) is 0 Å². The number of aromatic nitrogens is 1. The SMILES string of the molecule is CN(C(=O)NCc1cccc(F)c1Cl)[C@@H](CCC(=O)N1CCN(C(=O)OC(C)(C)C)CC1)COC(=O)Nc1cc(-c2cccc(F)c2)on1. The van der Waals surface area contributed by atoms with Crippen molar-refractivity contribution in [1.29, 1.82) is 0 Å². The molecule has 1 atom stereocenters. The zero-order valence-corrected chi connectivity index (χ0v) is 28.4. The van der Waals surface area contributed by atoms with E-state index in [1.807, 2.05) is 0 Å². The first kappa shape index (κ1) is 36.9. The smallest absolute Gasteiger partial charge is 0.412 e. The third kappa shape index (κ3) is 10.8. The maximum atomic E-state index is 13.9. The van der Waals surface area contributed by atoms with Crippen molar-refractivity contribution in [2.75, 3.05) is 45.2 Å². The summed E-state index contributed by atoms with van der Waals surface area (Å²) >= 11 is 6.02. The molecule has 2 aromatic carbocycles. The highest BCUT2D eigenvalue weighted by atomic mass is 35.5. The number of hydrogen-bond donors (Lipinski definition) is 2. The zero-order valence-electron chi connectivity index (χ0n) is 27.6. The Balaban J connectivity index is 1.35. The Hall–Kier alpha value is -4.92. The van der Waals surface area contributed by atoms with Crippen LogP contribution in [-0.4, -0.2) is 95.5 Å². The molecule has 1 saturated heterocycles. The first-order chi connectivity index (χ1) is 23.2. The molecular weight excluding hydrogens is 666 g/mol. The molecule has 0 unspecified atom stereocenters. The Labute approximate surface area is 287 Å². The summed E-state index contributed by atoms with van der Waals surface area (Å²) in [5.74, 6) is -1.07. The van der Waals surface area contributed by atoms with Crippen LogP contribution in [0.15, 0.2) is 53.1 Å². The number of hydrogen-bond acceptors (Lipinski definition) is 8. The van der Waals surface area contributed by atoms with Crippen molar-refractivity contribution in [2.45, 2.75) is 51.8 Å². The van der Waals surface area contributed by atoms with E-state index in [9.17, 15) is 28.0 Å². The second-order valence-electron chi connectivity index (χ2n) is 12.3. The number of rotatable bonds is 10. The molecule has 1 aliphatic heterocycles. The summed E-state index contributed by atoms with van der Waals surface area (Å²) in [5.41, 5.74) is 0.138. The number of benzene rings is 2. The average Bonchev–Trinajstić information content (AvgIpc) is 3.52. The predicted molar refractivity (Wildman–Crippen MR) is 176 cm³/mol. The summed E-state index contributed by atoms with van der Waals surface area (Å²) in [5, 5.41) is 8.73. The fourth-order valence-electron chi connectivity index (χ4n) is 4.87. The number of ether oxygens (including phenoxy) is 2. The molecule has 5 amide bonds. The van der Waals surface area contributed by atoms with Gasteiger partial charge in [-0.3, -0.25) is 10.1 Å². The molecule has 13 nitrogen and oxygen atoms in total. The van der Waals surface area contributed by atoms with Crippen molar-refractivity contribution < 1.29 is 42.0 Å². The van der Waals surface area contributed by atoms with Crippen LogP contribution in [0.25, 0.3) is 11.3 Å². The number of nitrogens with one attached hydrogen (secondary N) is 2.